The van der Waals surface area contributed by atoms with E-state index in [-0.39, 0.29) is 30.2 Å². The molecule has 0 amide bonds. The number of ether oxygens (including phenoxy) is 1. The monoisotopic (exact) mass is 470 g/mol. The topological polar surface area (TPSA) is 194 Å². The van der Waals surface area contributed by atoms with E-state index in [9.17, 15) is 9.59 Å². The van der Waals surface area contributed by atoms with Gasteiger partial charge in [-0.3, -0.25) is 9.36 Å². The number of aromatic nitrogens is 3. The number of hydrogen-bond donors (Lipinski definition) is 5. The van der Waals surface area contributed by atoms with E-state index in [1.165, 1.54) is 16.7 Å². The van der Waals surface area contributed by atoms with Gasteiger partial charge in [-0.05, 0) is 18.2 Å². The summed E-state index contributed by atoms with van der Waals surface area (Å²) in [6.45, 7) is -1.06. The maximum Gasteiger partial charge on any atom is 0.419 e. The first-order valence-electron chi connectivity index (χ1n) is 9.28. The van der Waals surface area contributed by atoms with Gasteiger partial charge in [-0.15, -0.1) is 0 Å². The Bertz CT molecular complexity index is 1070. The largest absolute Gasteiger partial charge is 0.486 e. The summed E-state index contributed by atoms with van der Waals surface area (Å²) in [5.41, 5.74) is 5.24. The Kier molecular flexibility index (Phi) is 9.11. The standard InChI is InChI=1S/C15H12ClN3O5.C4H11NO3/c16-10-6-11-13(24-15(22)19(11)5-3-14(20)21)7-12(10)23-8-9-2-1-4-17-18-9;5-4(1-6,2-7)3-8/h1-2,4,6-7H,3,5,8H2,(H,20,21);6-8H,1-3,5H2. The molecule has 3 rings (SSSR count). The van der Waals surface area contributed by atoms with Crippen LogP contribution in [0, 0.1) is 0 Å². The van der Waals surface area contributed by atoms with Crippen molar-refractivity contribution in [1.82, 2.24) is 14.8 Å². The van der Waals surface area contributed by atoms with Gasteiger partial charge in [-0.1, -0.05) is 11.6 Å². The first kappa shape index (κ1) is 25.2. The van der Waals surface area contributed by atoms with Crippen LogP contribution in [-0.2, 0) is 17.9 Å². The molecule has 3 aromatic rings. The van der Waals surface area contributed by atoms with Gasteiger partial charge in [0.25, 0.3) is 0 Å². The van der Waals surface area contributed by atoms with Gasteiger partial charge in [0.1, 0.15) is 18.1 Å². The van der Waals surface area contributed by atoms with Crippen LogP contribution in [0.25, 0.3) is 11.1 Å². The Morgan fingerprint density at radius 1 is 1.25 bits per heavy atom. The summed E-state index contributed by atoms with van der Waals surface area (Å²) in [4.78, 5) is 22.5. The van der Waals surface area contributed by atoms with Gasteiger partial charge in [-0.25, -0.2) is 4.79 Å². The lowest BCUT2D eigenvalue weighted by Crippen LogP contribution is -2.50. The quantitative estimate of drug-likeness (QED) is 0.276. The number of nitrogens with zero attached hydrogens (tertiary/aromatic N) is 3. The van der Waals surface area contributed by atoms with E-state index in [0.29, 0.717) is 17.0 Å². The first-order valence-corrected chi connectivity index (χ1v) is 9.66. The molecule has 1 aromatic carbocycles. The number of fused-ring (bicyclic) bond motifs is 1. The van der Waals surface area contributed by atoms with Crippen LogP contribution in [0.15, 0.2) is 39.7 Å². The summed E-state index contributed by atoms with van der Waals surface area (Å²) in [5, 5.41) is 41.7. The van der Waals surface area contributed by atoms with Gasteiger partial charge in [-0.2, -0.15) is 10.2 Å². The van der Waals surface area contributed by atoms with Gasteiger partial charge in [0.2, 0.25) is 0 Å². The zero-order valence-electron chi connectivity index (χ0n) is 16.8. The highest BCUT2D eigenvalue weighted by atomic mass is 35.5. The van der Waals surface area contributed by atoms with Crippen molar-refractivity contribution >= 4 is 28.7 Å². The molecule has 0 fully saturated rings. The van der Waals surface area contributed by atoms with Crippen molar-refractivity contribution in [3.63, 3.8) is 0 Å². The van der Waals surface area contributed by atoms with E-state index in [1.807, 2.05) is 0 Å². The maximum absolute atomic E-state index is 11.9. The maximum atomic E-state index is 11.9. The van der Waals surface area contributed by atoms with Crippen LogP contribution in [0.4, 0.5) is 0 Å². The molecule has 12 nitrogen and oxygen atoms in total. The average Bonchev–Trinajstić information content (AvgIpc) is 3.10. The van der Waals surface area contributed by atoms with Gasteiger partial charge in [0.05, 0.1) is 42.3 Å². The third-order valence-corrected chi connectivity index (χ3v) is 4.51. The van der Waals surface area contributed by atoms with E-state index >= 15 is 0 Å². The first-order chi connectivity index (χ1) is 15.2. The number of nitrogens with two attached hydrogens (primary N) is 1. The minimum Gasteiger partial charge on any atom is -0.486 e. The molecular formula is C19H23ClN4O8. The number of aliphatic hydroxyl groups excluding tert-OH is 3. The van der Waals surface area contributed by atoms with E-state index in [1.54, 1.807) is 18.3 Å². The van der Waals surface area contributed by atoms with Crippen LogP contribution < -0.4 is 16.2 Å². The molecule has 0 radical (unpaired) electrons. The minimum atomic E-state index is -1.21. The molecule has 0 aliphatic carbocycles. The molecular weight excluding hydrogens is 448 g/mol. The van der Waals surface area contributed by atoms with Crippen LogP contribution in [0.1, 0.15) is 12.1 Å². The van der Waals surface area contributed by atoms with Crippen LogP contribution in [0.5, 0.6) is 5.75 Å². The van der Waals surface area contributed by atoms with Crippen LogP contribution >= 0.6 is 11.6 Å². The van der Waals surface area contributed by atoms with Crippen molar-refractivity contribution in [2.24, 2.45) is 5.73 Å². The van der Waals surface area contributed by atoms with Gasteiger partial charge in [0, 0.05) is 18.8 Å². The van der Waals surface area contributed by atoms with Crippen molar-refractivity contribution in [2.45, 2.75) is 25.1 Å². The fourth-order valence-electron chi connectivity index (χ4n) is 2.31. The number of aliphatic carboxylic acids is 1. The number of carbonyl (C=O) groups is 1. The Labute approximate surface area is 186 Å². The Morgan fingerprint density at radius 3 is 2.47 bits per heavy atom. The van der Waals surface area contributed by atoms with Crippen molar-refractivity contribution < 1.29 is 34.4 Å². The summed E-state index contributed by atoms with van der Waals surface area (Å²) < 4.78 is 11.9. The lowest BCUT2D eigenvalue weighted by atomic mass is 10.1. The highest BCUT2D eigenvalue weighted by molar-refractivity contribution is 6.32. The number of aryl methyl sites for hydroxylation is 1. The minimum absolute atomic E-state index is 0.00267. The normalized spacial score (nSPS) is 11.2. The van der Waals surface area contributed by atoms with Gasteiger partial charge >= 0.3 is 11.7 Å². The number of rotatable bonds is 9. The summed E-state index contributed by atoms with van der Waals surface area (Å²) in [6, 6.07) is 6.49. The zero-order valence-corrected chi connectivity index (χ0v) is 17.6. The molecule has 0 aliphatic heterocycles. The predicted octanol–water partition coefficient (Wildman–Crippen LogP) is -0.248. The van der Waals surface area contributed by atoms with Crippen molar-refractivity contribution in [3.05, 3.63) is 51.7 Å². The number of oxazole rings is 1. The molecule has 0 aliphatic rings. The molecule has 0 unspecified atom stereocenters. The summed E-state index contributed by atoms with van der Waals surface area (Å²) in [7, 11) is 0. The molecule has 13 heteroatoms. The Morgan fingerprint density at radius 2 is 1.94 bits per heavy atom. The number of halogens is 1. The van der Waals surface area contributed by atoms with E-state index in [2.05, 4.69) is 10.2 Å². The van der Waals surface area contributed by atoms with E-state index in [4.69, 9.17) is 46.9 Å². The van der Waals surface area contributed by atoms with Crippen LogP contribution in [-0.4, -0.2) is 66.5 Å². The van der Waals surface area contributed by atoms with Gasteiger partial charge < -0.3 is 35.3 Å². The van der Waals surface area contributed by atoms with E-state index in [0.717, 1.165) is 0 Å². The van der Waals surface area contributed by atoms with Crippen molar-refractivity contribution in [1.29, 1.82) is 0 Å². The highest BCUT2D eigenvalue weighted by Crippen LogP contribution is 2.30. The highest BCUT2D eigenvalue weighted by Gasteiger charge is 2.20. The second kappa shape index (κ2) is 11.5. The third kappa shape index (κ3) is 6.73. The number of aliphatic hydroxyl groups is 3. The van der Waals surface area contributed by atoms with Crippen LogP contribution in [0.2, 0.25) is 5.02 Å². The molecule has 0 saturated heterocycles. The second-order valence-corrected chi connectivity index (χ2v) is 7.16. The molecule has 174 valence electrons. The molecule has 0 bridgehead atoms. The second-order valence-electron chi connectivity index (χ2n) is 6.75. The third-order valence-electron chi connectivity index (χ3n) is 4.22. The molecule has 2 heterocycles. The van der Waals surface area contributed by atoms with Crippen molar-refractivity contribution in [2.75, 3.05) is 19.8 Å². The number of benzene rings is 1. The SMILES string of the molecule is NC(CO)(CO)CO.O=C(O)CCn1c(=O)oc2cc(OCc3cccnn3)c(Cl)cc21. The molecule has 0 saturated carbocycles. The summed E-state index contributed by atoms with van der Waals surface area (Å²) in [5.74, 6) is -1.33. The number of carboxylic acid groups (broad SMARTS) is 1. The Balaban J connectivity index is 0.000000390. The Hall–Kier alpha value is -3.03. The van der Waals surface area contributed by atoms with E-state index < -0.39 is 37.1 Å². The van der Waals surface area contributed by atoms with Crippen LogP contribution in [0.3, 0.4) is 0 Å². The summed E-state index contributed by atoms with van der Waals surface area (Å²) in [6.07, 6.45) is 1.36. The zero-order chi connectivity index (χ0) is 23.7. The number of hydrogen-bond acceptors (Lipinski definition) is 10. The van der Waals surface area contributed by atoms with Crippen molar-refractivity contribution in [3.8, 4) is 5.75 Å². The fourth-order valence-corrected chi connectivity index (χ4v) is 2.52. The molecule has 2 aromatic heterocycles. The molecule has 0 atom stereocenters. The molecule has 32 heavy (non-hydrogen) atoms. The molecule has 0 spiro atoms. The average molecular weight is 471 g/mol. The predicted molar refractivity (Wildman–Crippen MR) is 112 cm³/mol. The fraction of sp³-hybridized carbons (Fsp3) is 0.368. The summed E-state index contributed by atoms with van der Waals surface area (Å²) >= 11 is 6.18. The lowest BCUT2D eigenvalue weighted by molar-refractivity contribution is -0.137. The lowest BCUT2D eigenvalue weighted by Gasteiger charge is -2.20. The molecule has 6 N–H and O–H groups in total. The van der Waals surface area contributed by atoms with Gasteiger partial charge in [0.15, 0.2) is 5.58 Å². The number of carboxylic acids is 1. The smallest absolute Gasteiger partial charge is 0.419 e.